The molecule has 1 aliphatic carbocycles. The average Bonchev–Trinajstić information content (AvgIpc) is 3.28. The summed E-state index contributed by atoms with van der Waals surface area (Å²) < 4.78 is 15.2. The second kappa shape index (κ2) is 6.84. The first kappa shape index (κ1) is 16.2. The van der Waals surface area contributed by atoms with Gasteiger partial charge < -0.3 is 9.67 Å². The van der Waals surface area contributed by atoms with Crippen molar-refractivity contribution in [3.8, 4) is 0 Å². The Kier molecular flexibility index (Phi) is 4.82. The van der Waals surface area contributed by atoms with Crippen molar-refractivity contribution in [3.05, 3.63) is 53.6 Å². The number of nitrogens with zero attached hydrogens (tertiary/aromatic N) is 3. The molecular formula is C17H20FN3OS. The van der Waals surface area contributed by atoms with Gasteiger partial charge in [-0.25, -0.2) is 4.39 Å². The Bertz CT molecular complexity index is 712. The Hall–Kier alpha value is -1.66. The van der Waals surface area contributed by atoms with Crippen LogP contribution in [0.15, 0.2) is 36.0 Å². The van der Waals surface area contributed by atoms with Gasteiger partial charge in [-0.05, 0) is 43.0 Å². The molecule has 3 rings (SSSR count). The van der Waals surface area contributed by atoms with Crippen molar-refractivity contribution in [2.45, 2.75) is 43.5 Å². The van der Waals surface area contributed by atoms with E-state index in [0.29, 0.717) is 18.2 Å². The molecule has 0 saturated heterocycles. The second-order valence-electron chi connectivity index (χ2n) is 5.84. The second-order valence-corrected chi connectivity index (χ2v) is 6.83. The molecule has 0 aliphatic heterocycles. The van der Waals surface area contributed by atoms with Crippen LogP contribution in [0.1, 0.15) is 41.8 Å². The summed E-state index contributed by atoms with van der Waals surface area (Å²) in [4.78, 5) is 0. The maximum atomic E-state index is 13.2. The van der Waals surface area contributed by atoms with Gasteiger partial charge in [-0.1, -0.05) is 23.9 Å². The summed E-state index contributed by atoms with van der Waals surface area (Å²) in [6, 6.07) is 4.45. The normalized spacial score (nSPS) is 15.6. The third-order valence-corrected chi connectivity index (χ3v) is 5.00. The summed E-state index contributed by atoms with van der Waals surface area (Å²) in [6.07, 6.45) is 3.49. The van der Waals surface area contributed by atoms with E-state index in [4.69, 9.17) is 0 Å². The first-order valence-corrected chi connectivity index (χ1v) is 8.69. The van der Waals surface area contributed by atoms with Crippen molar-refractivity contribution in [2.75, 3.05) is 5.75 Å². The third-order valence-electron chi connectivity index (χ3n) is 3.96. The topological polar surface area (TPSA) is 50.9 Å². The molecule has 1 aromatic carbocycles. The van der Waals surface area contributed by atoms with E-state index in [2.05, 4.69) is 21.3 Å². The molecule has 1 saturated carbocycles. The Morgan fingerprint density at radius 3 is 2.91 bits per heavy atom. The van der Waals surface area contributed by atoms with Crippen molar-refractivity contribution in [1.82, 2.24) is 14.8 Å². The number of aryl methyl sites for hydroxylation is 1. The molecule has 1 aliphatic rings. The minimum absolute atomic E-state index is 0.286. The summed E-state index contributed by atoms with van der Waals surface area (Å²) in [5.41, 5.74) is 1.50. The van der Waals surface area contributed by atoms with Gasteiger partial charge in [0.25, 0.3) is 0 Å². The first-order chi connectivity index (χ1) is 11.1. The molecule has 2 aromatic rings. The molecule has 122 valence electrons. The van der Waals surface area contributed by atoms with Crippen molar-refractivity contribution in [2.24, 2.45) is 0 Å². The quantitative estimate of drug-likeness (QED) is 0.621. The highest BCUT2D eigenvalue weighted by atomic mass is 32.2. The van der Waals surface area contributed by atoms with Gasteiger partial charge in [-0.3, -0.25) is 0 Å². The van der Waals surface area contributed by atoms with E-state index in [1.54, 1.807) is 13.0 Å². The minimum atomic E-state index is -0.668. The maximum absolute atomic E-state index is 13.2. The number of aliphatic hydroxyl groups is 1. The predicted octanol–water partition coefficient (Wildman–Crippen LogP) is 3.61. The molecule has 0 amide bonds. The lowest BCUT2D eigenvalue weighted by atomic mass is 10.0. The van der Waals surface area contributed by atoms with E-state index in [-0.39, 0.29) is 5.82 Å². The molecule has 0 spiro atoms. The van der Waals surface area contributed by atoms with Crippen molar-refractivity contribution in [1.29, 1.82) is 0 Å². The molecule has 0 radical (unpaired) electrons. The standard InChI is InChI=1S/C17H20FN3OS/c1-3-8-21-16(12-4-5-12)19-20-17(21)23-10-15(22)14-7-6-13(18)9-11(14)2/h3,6-7,9,12,15,22H,1,4-5,8,10H2,2H3. The molecule has 1 unspecified atom stereocenters. The molecule has 4 nitrogen and oxygen atoms in total. The fourth-order valence-corrected chi connectivity index (χ4v) is 3.52. The van der Waals surface area contributed by atoms with Gasteiger partial charge in [0.2, 0.25) is 0 Å². The van der Waals surface area contributed by atoms with E-state index in [1.165, 1.54) is 23.9 Å². The van der Waals surface area contributed by atoms with Crippen LogP contribution >= 0.6 is 11.8 Å². The van der Waals surface area contributed by atoms with Crippen LogP contribution in [-0.4, -0.2) is 25.6 Å². The van der Waals surface area contributed by atoms with Crippen molar-refractivity contribution in [3.63, 3.8) is 0 Å². The number of halogens is 1. The lowest BCUT2D eigenvalue weighted by Crippen LogP contribution is -2.06. The van der Waals surface area contributed by atoms with Crippen LogP contribution in [-0.2, 0) is 6.54 Å². The van der Waals surface area contributed by atoms with Crippen LogP contribution in [0.2, 0.25) is 0 Å². The highest BCUT2D eigenvalue weighted by Gasteiger charge is 2.30. The Morgan fingerprint density at radius 1 is 1.48 bits per heavy atom. The molecule has 1 N–H and O–H groups in total. The van der Waals surface area contributed by atoms with E-state index in [1.807, 2.05) is 6.08 Å². The van der Waals surface area contributed by atoms with Crippen molar-refractivity contribution >= 4 is 11.8 Å². The number of thioether (sulfide) groups is 1. The fourth-order valence-electron chi connectivity index (χ4n) is 2.61. The molecule has 1 fully saturated rings. The van der Waals surface area contributed by atoms with Gasteiger partial charge in [-0.2, -0.15) is 0 Å². The van der Waals surface area contributed by atoms with Crippen molar-refractivity contribution < 1.29 is 9.50 Å². The SMILES string of the molecule is C=CCn1c(SCC(O)c2ccc(F)cc2C)nnc1C1CC1. The van der Waals surface area contributed by atoms with Gasteiger partial charge in [0, 0.05) is 18.2 Å². The molecule has 0 bridgehead atoms. The zero-order valence-electron chi connectivity index (χ0n) is 13.1. The third kappa shape index (κ3) is 3.64. The zero-order chi connectivity index (χ0) is 16.4. The van der Waals surface area contributed by atoms with E-state index >= 15 is 0 Å². The Labute approximate surface area is 139 Å². The summed E-state index contributed by atoms with van der Waals surface area (Å²) in [7, 11) is 0. The van der Waals surface area contributed by atoms with Gasteiger partial charge in [0.1, 0.15) is 11.6 Å². The van der Waals surface area contributed by atoms with Gasteiger partial charge >= 0.3 is 0 Å². The molecule has 1 aromatic heterocycles. The van der Waals surface area contributed by atoms with E-state index in [9.17, 15) is 9.50 Å². The lowest BCUT2D eigenvalue weighted by molar-refractivity contribution is 0.203. The number of aliphatic hydroxyl groups excluding tert-OH is 1. The number of hydrogen-bond acceptors (Lipinski definition) is 4. The van der Waals surface area contributed by atoms with Crippen LogP contribution < -0.4 is 0 Å². The van der Waals surface area contributed by atoms with Crippen LogP contribution in [0.4, 0.5) is 4.39 Å². The van der Waals surface area contributed by atoms with Crippen LogP contribution in [0, 0.1) is 12.7 Å². The molecule has 1 heterocycles. The lowest BCUT2D eigenvalue weighted by Gasteiger charge is -2.13. The number of benzene rings is 1. The van der Waals surface area contributed by atoms with Gasteiger partial charge in [0.15, 0.2) is 5.16 Å². The summed E-state index contributed by atoms with van der Waals surface area (Å²) in [5.74, 6) is 1.69. The fraction of sp³-hybridized carbons (Fsp3) is 0.412. The Balaban J connectivity index is 1.71. The summed E-state index contributed by atoms with van der Waals surface area (Å²) in [6.45, 7) is 6.27. The molecule has 23 heavy (non-hydrogen) atoms. The first-order valence-electron chi connectivity index (χ1n) is 7.71. The maximum Gasteiger partial charge on any atom is 0.191 e. The molecular weight excluding hydrogens is 313 g/mol. The number of hydrogen-bond donors (Lipinski definition) is 1. The molecule has 6 heteroatoms. The summed E-state index contributed by atoms with van der Waals surface area (Å²) >= 11 is 1.47. The summed E-state index contributed by atoms with van der Waals surface area (Å²) in [5, 5.41) is 19.7. The highest BCUT2D eigenvalue weighted by Crippen LogP contribution is 2.40. The molecule has 1 atom stereocenters. The van der Waals surface area contributed by atoms with Crippen LogP contribution in [0.3, 0.4) is 0 Å². The largest absolute Gasteiger partial charge is 0.388 e. The number of rotatable bonds is 7. The minimum Gasteiger partial charge on any atom is -0.388 e. The Morgan fingerprint density at radius 2 is 2.26 bits per heavy atom. The van der Waals surface area contributed by atoms with Gasteiger partial charge in [0.05, 0.1) is 6.10 Å². The van der Waals surface area contributed by atoms with Crippen LogP contribution in [0.25, 0.3) is 0 Å². The zero-order valence-corrected chi connectivity index (χ0v) is 13.9. The number of allylic oxidation sites excluding steroid dienone is 1. The van der Waals surface area contributed by atoms with Crippen LogP contribution in [0.5, 0.6) is 0 Å². The number of aromatic nitrogens is 3. The van der Waals surface area contributed by atoms with E-state index < -0.39 is 6.10 Å². The highest BCUT2D eigenvalue weighted by molar-refractivity contribution is 7.99. The predicted molar refractivity (Wildman–Crippen MR) is 89.0 cm³/mol. The van der Waals surface area contributed by atoms with Gasteiger partial charge in [-0.15, -0.1) is 16.8 Å². The average molecular weight is 333 g/mol. The van der Waals surface area contributed by atoms with E-state index in [0.717, 1.165) is 34.9 Å². The smallest absolute Gasteiger partial charge is 0.191 e. The monoisotopic (exact) mass is 333 g/mol.